The highest BCUT2D eigenvalue weighted by Gasteiger charge is 2.31. The zero-order valence-corrected chi connectivity index (χ0v) is 16.4. The van der Waals surface area contributed by atoms with Crippen LogP contribution in [-0.4, -0.2) is 34.9 Å². The molecule has 0 saturated carbocycles. The molecule has 1 aliphatic rings. The number of thiophene rings is 1. The summed E-state index contributed by atoms with van der Waals surface area (Å²) in [6.07, 6.45) is 0.695. The number of oxazole rings is 1. The quantitative estimate of drug-likeness (QED) is 0.734. The number of carbonyl (C=O) groups is 1. The van der Waals surface area contributed by atoms with Gasteiger partial charge in [-0.1, -0.05) is 30.3 Å². The van der Waals surface area contributed by atoms with Crippen molar-refractivity contribution < 1.29 is 9.21 Å². The molecule has 1 aromatic carbocycles. The minimum absolute atomic E-state index is 0.0837. The van der Waals surface area contributed by atoms with Crippen LogP contribution in [0.1, 0.15) is 21.9 Å². The van der Waals surface area contributed by atoms with Crippen molar-refractivity contribution in [3.05, 3.63) is 64.4 Å². The number of nitrogens with one attached hydrogen (secondary N) is 1. The zero-order valence-electron chi connectivity index (χ0n) is 15.6. The van der Waals surface area contributed by atoms with Gasteiger partial charge in [0.15, 0.2) is 0 Å². The van der Waals surface area contributed by atoms with Gasteiger partial charge in [0.05, 0.1) is 16.6 Å². The Labute approximate surface area is 163 Å². The molecule has 1 saturated heterocycles. The van der Waals surface area contributed by atoms with E-state index in [4.69, 9.17) is 9.40 Å². The molecule has 0 aliphatic carbocycles. The minimum Gasteiger partial charge on any atom is -0.440 e. The predicted octanol–water partition coefficient (Wildman–Crippen LogP) is 3.56. The number of amides is 1. The molecule has 0 radical (unpaired) electrons. The number of benzene rings is 1. The van der Waals surface area contributed by atoms with Crippen molar-refractivity contribution in [3.63, 3.8) is 0 Å². The normalized spacial score (nSPS) is 17.9. The fraction of sp³-hybridized carbons (Fsp3) is 0.333. The van der Waals surface area contributed by atoms with Crippen molar-refractivity contribution in [3.8, 4) is 10.8 Å². The number of hydrogen-bond donors (Lipinski definition) is 1. The van der Waals surface area contributed by atoms with Gasteiger partial charge in [-0.3, -0.25) is 9.69 Å². The van der Waals surface area contributed by atoms with E-state index in [1.807, 2.05) is 31.2 Å². The van der Waals surface area contributed by atoms with E-state index in [0.717, 1.165) is 28.4 Å². The number of aryl methyl sites for hydroxylation is 2. The van der Waals surface area contributed by atoms with Crippen LogP contribution >= 0.6 is 11.3 Å². The lowest BCUT2D eigenvalue weighted by Gasteiger charge is -2.34. The summed E-state index contributed by atoms with van der Waals surface area (Å²) in [7, 11) is 0. The Hall–Kier alpha value is -2.44. The van der Waals surface area contributed by atoms with Crippen LogP contribution in [0.2, 0.25) is 0 Å². The van der Waals surface area contributed by atoms with Crippen molar-refractivity contribution in [2.45, 2.75) is 32.9 Å². The fourth-order valence-electron chi connectivity index (χ4n) is 3.43. The summed E-state index contributed by atoms with van der Waals surface area (Å²) in [6.45, 7) is 6.11. The van der Waals surface area contributed by atoms with E-state index >= 15 is 0 Å². The van der Waals surface area contributed by atoms with Gasteiger partial charge in [-0.2, -0.15) is 0 Å². The maximum absolute atomic E-state index is 12.5. The van der Waals surface area contributed by atoms with Crippen LogP contribution in [0.4, 0.5) is 0 Å². The molecule has 5 nitrogen and oxygen atoms in total. The second kappa shape index (κ2) is 7.66. The monoisotopic (exact) mass is 381 g/mol. The molecule has 1 unspecified atom stereocenters. The van der Waals surface area contributed by atoms with Gasteiger partial charge >= 0.3 is 0 Å². The number of aromatic nitrogens is 1. The van der Waals surface area contributed by atoms with Gasteiger partial charge in [-0.15, -0.1) is 11.3 Å². The average molecular weight is 382 g/mol. The second-order valence-electron chi connectivity index (χ2n) is 6.90. The van der Waals surface area contributed by atoms with E-state index in [1.54, 1.807) is 11.3 Å². The standard InChI is InChI=1S/C21H23N3O2S/c1-14-8-9-19(27-14)21-23-17(15(2)26-21)13-24-11-10-22-20(25)18(24)12-16-6-4-3-5-7-16/h3-9,18H,10-13H2,1-2H3,(H,22,25). The van der Waals surface area contributed by atoms with Gasteiger partial charge in [0.2, 0.25) is 11.8 Å². The van der Waals surface area contributed by atoms with Crippen molar-refractivity contribution in [2.24, 2.45) is 0 Å². The van der Waals surface area contributed by atoms with Gasteiger partial charge in [0.25, 0.3) is 0 Å². The first-order chi connectivity index (χ1) is 13.1. The fourth-order valence-corrected chi connectivity index (χ4v) is 4.23. The van der Waals surface area contributed by atoms with Crippen LogP contribution in [0.15, 0.2) is 46.9 Å². The smallest absolute Gasteiger partial charge is 0.237 e. The van der Waals surface area contributed by atoms with Crippen LogP contribution in [-0.2, 0) is 17.8 Å². The van der Waals surface area contributed by atoms with Crippen LogP contribution in [0.5, 0.6) is 0 Å². The third kappa shape index (κ3) is 3.96. The first-order valence-corrected chi connectivity index (χ1v) is 10.0. The van der Waals surface area contributed by atoms with Crippen molar-refractivity contribution >= 4 is 17.2 Å². The first-order valence-electron chi connectivity index (χ1n) is 9.19. The topological polar surface area (TPSA) is 58.4 Å². The molecular formula is C21H23N3O2S. The van der Waals surface area contributed by atoms with E-state index in [0.29, 0.717) is 25.4 Å². The molecule has 2 aromatic heterocycles. The molecule has 6 heteroatoms. The van der Waals surface area contributed by atoms with Crippen molar-refractivity contribution in [2.75, 3.05) is 13.1 Å². The van der Waals surface area contributed by atoms with Crippen LogP contribution in [0.3, 0.4) is 0 Å². The molecular weight excluding hydrogens is 358 g/mol. The summed E-state index contributed by atoms with van der Waals surface area (Å²) in [5, 5.41) is 2.99. The minimum atomic E-state index is -0.190. The molecule has 1 aliphatic heterocycles. The van der Waals surface area contributed by atoms with E-state index in [-0.39, 0.29) is 11.9 Å². The molecule has 27 heavy (non-hydrogen) atoms. The zero-order chi connectivity index (χ0) is 18.8. The first kappa shape index (κ1) is 17.9. The highest BCUT2D eigenvalue weighted by molar-refractivity contribution is 7.15. The van der Waals surface area contributed by atoms with E-state index in [1.165, 1.54) is 4.88 Å². The molecule has 1 amide bonds. The number of rotatable bonds is 5. The average Bonchev–Trinajstić information content (AvgIpc) is 3.25. The number of carbonyl (C=O) groups excluding carboxylic acids is 1. The number of nitrogens with zero attached hydrogens (tertiary/aromatic N) is 2. The number of hydrogen-bond acceptors (Lipinski definition) is 5. The summed E-state index contributed by atoms with van der Waals surface area (Å²) in [4.78, 5) is 21.7. The van der Waals surface area contributed by atoms with Gasteiger partial charge < -0.3 is 9.73 Å². The Morgan fingerprint density at radius 1 is 1.22 bits per heavy atom. The van der Waals surface area contributed by atoms with E-state index in [9.17, 15) is 4.79 Å². The summed E-state index contributed by atoms with van der Waals surface area (Å²) < 4.78 is 5.91. The van der Waals surface area contributed by atoms with Gasteiger partial charge in [0.1, 0.15) is 5.76 Å². The second-order valence-corrected chi connectivity index (χ2v) is 8.19. The van der Waals surface area contributed by atoms with E-state index < -0.39 is 0 Å². The number of piperazine rings is 1. The van der Waals surface area contributed by atoms with Crippen molar-refractivity contribution in [1.29, 1.82) is 0 Å². The molecule has 140 valence electrons. The molecule has 3 aromatic rings. The molecule has 0 spiro atoms. The summed E-state index contributed by atoms with van der Waals surface area (Å²) in [5.74, 6) is 1.57. The summed E-state index contributed by atoms with van der Waals surface area (Å²) >= 11 is 1.68. The molecule has 3 heterocycles. The highest BCUT2D eigenvalue weighted by Crippen LogP contribution is 2.29. The summed E-state index contributed by atoms with van der Waals surface area (Å²) in [5.41, 5.74) is 2.07. The van der Waals surface area contributed by atoms with Crippen molar-refractivity contribution in [1.82, 2.24) is 15.2 Å². The Kier molecular flexibility index (Phi) is 5.09. The lowest BCUT2D eigenvalue weighted by Crippen LogP contribution is -2.55. The SMILES string of the molecule is Cc1ccc(-c2nc(CN3CCNC(=O)C3Cc3ccccc3)c(C)o2)s1. The molecule has 1 fully saturated rings. The third-order valence-electron chi connectivity index (χ3n) is 4.91. The van der Waals surface area contributed by atoms with Crippen LogP contribution in [0, 0.1) is 13.8 Å². The van der Waals surface area contributed by atoms with Crippen LogP contribution in [0.25, 0.3) is 10.8 Å². The predicted molar refractivity (Wildman–Crippen MR) is 107 cm³/mol. The lowest BCUT2D eigenvalue weighted by atomic mass is 10.0. The Morgan fingerprint density at radius 3 is 2.78 bits per heavy atom. The van der Waals surface area contributed by atoms with Gasteiger partial charge in [-0.25, -0.2) is 4.98 Å². The molecule has 1 atom stereocenters. The maximum Gasteiger partial charge on any atom is 0.237 e. The van der Waals surface area contributed by atoms with Gasteiger partial charge in [-0.05, 0) is 38.0 Å². The Morgan fingerprint density at radius 2 is 2.04 bits per heavy atom. The summed E-state index contributed by atoms with van der Waals surface area (Å²) in [6, 6.07) is 14.1. The Bertz CT molecular complexity index is 932. The van der Waals surface area contributed by atoms with E-state index in [2.05, 4.69) is 35.3 Å². The molecule has 4 rings (SSSR count). The highest BCUT2D eigenvalue weighted by atomic mass is 32.1. The Balaban J connectivity index is 1.54. The molecule has 1 N–H and O–H groups in total. The molecule has 0 bridgehead atoms. The maximum atomic E-state index is 12.5. The largest absolute Gasteiger partial charge is 0.440 e. The van der Waals surface area contributed by atoms with Crippen LogP contribution < -0.4 is 5.32 Å². The van der Waals surface area contributed by atoms with Gasteiger partial charge in [0, 0.05) is 24.5 Å². The third-order valence-corrected chi connectivity index (χ3v) is 5.90. The lowest BCUT2D eigenvalue weighted by molar-refractivity contribution is -0.129.